The Hall–Kier alpha value is -0.520. The lowest BCUT2D eigenvalue weighted by molar-refractivity contribution is 0.458. The Morgan fingerprint density at radius 2 is 2.00 bits per heavy atom. The molecule has 3 rings (SSSR count). The van der Waals surface area contributed by atoms with E-state index in [0.717, 1.165) is 0 Å². The summed E-state index contributed by atoms with van der Waals surface area (Å²) in [5, 5.41) is 0. The lowest BCUT2D eigenvalue weighted by Crippen LogP contribution is -2.08. The molecule has 0 N–H and O–H groups in total. The molecule has 0 aliphatic heterocycles. The molecular formula is C10H12. The van der Waals surface area contributed by atoms with E-state index < -0.39 is 0 Å². The molecule has 1 atom stereocenters. The van der Waals surface area contributed by atoms with Crippen molar-refractivity contribution in [1.29, 1.82) is 0 Å². The monoisotopic (exact) mass is 132 g/mol. The molecule has 0 nitrogen and oxygen atoms in total. The minimum absolute atomic E-state index is 0.679. The van der Waals surface area contributed by atoms with Gasteiger partial charge >= 0.3 is 0 Å². The predicted molar refractivity (Wildman–Crippen MR) is 41.7 cm³/mol. The summed E-state index contributed by atoms with van der Waals surface area (Å²) in [7, 11) is 0. The van der Waals surface area contributed by atoms with Crippen LogP contribution in [0.15, 0.2) is 23.3 Å². The third kappa shape index (κ3) is 0.416. The van der Waals surface area contributed by atoms with Gasteiger partial charge < -0.3 is 0 Å². The van der Waals surface area contributed by atoms with Gasteiger partial charge in [-0.05, 0) is 25.7 Å². The molecule has 0 amide bonds. The zero-order valence-electron chi connectivity index (χ0n) is 6.19. The quantitative estimate of drug-likeness (QED) is 0.475. The number of hydrogen-bond donors (Lipinski definition) is 0. The van der Waals surface area contributed by atoms with Crippen molar-refractivity contribution in [1.82, 2.24) is 0 Å². The lowest BCUT2D eigenvalue weighted by atomic mass is 9.82. The highest BCUT2D eigenvalue weighted by Crippen LogP contribution is 2.66. The summed E-state index contributed by atoms with van der Waals surface area (Å²) < 4.78 is 0. The van der Waals surface area contributed by atoms with Crippen LogP contribution in [0.4, 0.5) is 0 Å². The van der Waals surface area contributed by atoms with Crippen molar-refractivity contribution in [2.75, 3.05) is 0 Å². The summed E-state index contributed by atoms with van der Waals surface area (Å²) in [5.74, 6) is 0. The number of rotatable bonds is 0. The molecule has 52 valence electrons. The van der Waals surface area contributed by atoms with Crippen LogP contribution in [-0.4, -0.2) is 0 Å². The molecule has 10 heavy (non-hydrogen) atoms. The largest absolute Gasteiger partial charge is 0.0622 e. The van der Waals surface area contributed by atoms with Gasteiger partial charge in [-0.15, -0.1) is 0 Å². The highest BCUT2D eigenvalue weighted by atomic mass is 14.6. The maximum Gasteiger partial charge on any atom is 0.0165 e. The molecule has 0 bridgehead atoms. The van der Waals surface area contributed by atoms with Crippen molar-refractivity contribution < 1.29 is 0 Å². The average Bonchev–Trinajstić information content (AvgIpc) is 2.55. The third-order valence-corrected chi connectivity index (χ3v) is 3.38. The molecule has 0 radical (unpaired) electrons. The van der Waals surface area contributed by atoms with Crippen LogP contribution in [0.1, 0.15) is 32.1 Å². The number of allylic oxidation sites excluding steroid dienone is 4. The first-order chi connectivity index (χ1) is 4.92. The van der Waals surface area contributed by atoms with E-state index in [1.165, 1.54) is 32.1 Å². The summed E-state index contributed by atoms with van der Waals surface area (Å²) in [6.45, 7) is 0. The molecule has 3 aliphatic rings. The highest BCUT2D eigenvalue weighted by Gasteiger charge is 2.53. The van der Waals surface area contributed by atoms with E-state index in [-0.39, 0.29) is 0 Å². The van der Waals surface area contributed by atoms with Gasteiger partial charge in [0.05, 0.1) is 0 Å². The second-order valence-electron chi connectivity index (χ2n) is 3.85. The van der Waals surface area contributed by atoms with Gasteiger partial charge in [0, 0.05) is 5.41 Å². The molecule has 0 heteroatoms. The van der Waals surface area contributed by atoms with E-state index in [0.29, 0.717) is 5.41 Å². The van der Waals surface area contributed by atoms with Gasteiger partial charge in [-0.25, -0.2) is 0 Å². The first-order valence-corrected chi connectivity index (χ1v) is 4.32. The van der Waals surface area contributed by atoms with Crippen molar-refractivity contribution >= 4 is 0 Å². The normalized spacial score (nSPS) is 41.6. The van der Waals surface area contributed by atoms with Crippen molar-refractivity contribution in [3.63, 3.8) is 0 Å². The van der Waals surface area contributed by atoms with E-state index in [1.54, 1.807) is 11.1 Å². The molecule has 2 saturated carbocycles. The standard InChI is InChI=1S/C10H12/c1-2-6-10-7-9(10)5-4-8(10)3-1/h4-5H,1-3,6-7H2. The maximum absolute atomic E-state index is 2.37. The van der Waals surface area contributed by atoms with Gasteiger partial charge in [0.1, 0.15) is 0 Å². The fraction of sp³-hybridized carbons (Fsp3) is 0.600. The zero-order chi connectivity index (χ0) is 6.60. The summed E-state index contributed by atoms with van der Waals surface area (Å²) in [5.41, 5.74) is 4.18. The van der Waals surface area contributed by atoms with Crippen LogP contribution >= 0.6 is 0 Å². The summed E-state index contributed by atoms with van der Waals surface area (Å²) >= 11 is 0. The fourth-order valence-corrected chi connectivity index (χ4v) is 2.65. The summed E-state index contributed by atoms with van der Waals surface area (Å²) in [6, 6.07) is 0. The van der Waals surface area contributed by atoms with Crippen molar-refractivity contribution in [2.45, 2.75) is 32.1 Å². The summed E-state index contributed by atoms with van der Waals surface area (Å²) in [4.78, 5) is 0. The number of hydrogen-bond acceptors (Lipinski definition) is 0. The SMILES string of the molecule is C1=C2CCCCC23CC3=C1. The van der Waals surface area contributed by atoms with Crippen LogP contribution in [-0.2, 0) is 0 Å². The zero-order valence-corrected chi connectivity index (χ0v) is 6.19. The van der Waals surface area contributed by atoms with Crippen LogP contribution in [0, 0.1) is 5.41 Å². The van der Waals surface area contributed by atoms with E-state index in [1.807, 2.05) is 0 Å². The summed E-state index contributed by atoms with van der Waals surface area (Å²) in [6.07, 6.45) is 11.9. The minimum Gasteiger partial charge on any atom is -0.0622 e. The van der Waals surface area contributed by atoms with Gasteiger partial charge in [0.15, 0.2) is 0 Å². The van der Waals surface area contributed by atoms with Gasteiger partial charge in [-0.3, -0.25) is 0 Å². The maximum atomic E-state index is 2.37. The van der Waals surface area contributed by atoms with Crippen LogP contribution in [0.2, 0.25) is 0 Å². The molecule has 1 spiro atoms. The van der Waals surface area contributed by atoms with E-state index in [9.17, 15) is 0 Å². The topological polar surface area (TPSA) is 0 Å². The van der Waals surface area contributed by atoms with Gasteiger partial charge in [0.25, 0.3) is 0 Å². The second kappa shape index (κ2) is 1.39. The highest BCUT2D eigenvalue weighted by molar-refractivity contribution is 5.53. The van der Waals surface area contributed by atoms with Crippen LogP contribution < -0.4 is 0 Å². The van der Waals surface area contributed by atoms with Crippen molar-refractivity contribution in [3.8, 4) is 0 Å². The predicted octanol–water partition coefficient (Wildman–Crippen LogP) is 2.82. The Bertz CT molecular complexity index is 245. The Labute approximate surface area is 61.6 Å². The molecular weight excluding hydrogens is 120 g/mol. The Balaban J connectivity index is 2.05. The van der Waals surface area contributed by atoms with Gasteiger partial charge in [-0.1, -0.05) is 29.7 Å². The first-order valence-electron chi connectivity index (χ1n) is 4.32. The second-order valence-corrected chi connectivity index (χ2v) is 3.85. The van der Waals surface area contributed by atoms with Gasteiger partial charge in [0.2, 0.25) is 0 Å². The minimum atomic E-state index is 0.679. The van der Waals surface area contributed by atoms with E-state index in [2.05, 4.69) is 12.2 Å². The third-order valence-electron chi connectivity index (χ3n) is 3.38. The molecule has 0 aromatic carbocycles. The van der Waals surface area contributed by atoms with Crippen molar-refractivity contribution in [3.05, 3.63) is 23.3 Å². The first kappa shape index (κ1) is 5.17. The Morgan fingerprint density at radius 3 is 2.80 bits per heavy atom. The lowest BCUT2D eigenvalue weighted by Gasteiger charge is -2.22. The average molecular weight is 132 g/mol. The molecule has 0 saturated heterocycles. The van der Waals surface area contributed by atoms with E-state index >= 15 is 0 Å². The Kier molecular flexibility index (Phi) is 0.719. The fourth-order valence-electron chi connectivity index (χ4n) is 2.65. The van der Waals surface area contributed by atoms with Crippen LogP contribution in [0.25, 0.3) is 0 Å². The molecule has 0 aromatic heterocycles. The van der Waals surface area contributed by atoms with Crippen molar-refractivity contribution in [2.24, 2.45) is 5.41 Å². The molecule has 0 aromatic rings. The van der Waals surface area contributed by atoms with Crippen LogP contribution in [0.5, 0.6) is 0 Å². The van der Waals surface area contributed by atoms with Gasteiger partial charge in [-0.2, -0.15) is 0 Å². The molecule has 1 unspecified atom stereocenters. The molecule has 3 aliphatic carbocycles. The smallest absolute Gasteiger partial charge is 0.0165 e. The molecule has 2 fully saturated rings. The van der Waals surface area contributed by atoms with E-state index in [4.69, 9.17) is 0 Å². The molecule has 0 heterocycles. The Morgan fingerprint density at radius 1 is 1.10 bits per heavy atom. The van der Waals surface area contributed by atoms with Crippen LogP contribution in [0.3, 0.4) is 0 Å².